The van der Waals surface area contributed by atoms with E-state index in [4.69, 9.17) is 5.11 Å². The minimum atomic E-state index is -4.93. The van der Waals surface area contributed by atoms with Crippen LogP contribution in [0.15, 0.2) is 30.9 Å². The van der Waals surface area contributed by atoms with Gasteiger partial charge >= 0.3 is 12.1 Å². The number of halogens is 3. The van der Waals surface area contributed by atoms with Gasteiger partial charge in [0.2, 0.25) is 0 Å². The predicted molar refractivity (Wildman–Crippen MR) is 82.7 cm³/mol. The highest BCUT2D eigenvalue weighted by Crippen LogP contribution is 2.46. The minimum Gasteiger partial charge on any atom is -0.481 e. The number of hydrogen-bond donors (Lipinski definition) is 1. The summed E-state index contributed by atoms with van der Waals surface area (Å²) in [6, 6.07) is 4.62. The van der Waals surface area contributed by atoms with Crippen molar-refractivity contribution in [1.82, 2.24) is 19.7 Å². The molecule has 1 aliphatic rings. The monoisotopic (exact) mass is 368 g/mol. The molecule has 1 aliphatic heterocycles. The summed E-state index contributed by atoms with van der Waals surface area (Å²) in [5.41, 5.74) is -1.37. The van der Waals surface area contributed by atoms with Crippen LogP contribution in [-0.4, -0.2) is 55.9 Å². The molecule has 0 aliphatic carbocycles. The Morgan fingerprint density at radius 2 is 2.04 bits per heavy atom. The first kappa shape index (κ1) is 17.9. The topological polar surface area (TPSA) is 88.3 Å². The fraction of sp³-hybridized carbons (Fsp3) is 0.375. The van der Waals surface area contributed by atoms with Crippen LogP contribution >= 0.6 is 0 Å². The third-order valence-electron chi connectivity index (χ3n) is 4.62. The van der Waals surface area contributed by atoms with Crippen LogP contribution in [0.2, 0.25) is 0 Å². The van der Waals surface area contributed by atoms with Gasteiger partial charge in [-0.25, -0.2) is 9.67 Å². The Hall–Kier alpha value is -2.91. The summed E-state index contributed by atoms with van der Waals surface area (Å²) < 4.78 is 41.2. The highest BCUT2D eigenvalue weighted by molar-refractivity contribution is 5.95. The van der Waals surface area contributed by atoms with E-state index in [2.05, 4.69) is 10.1 Å². The molecule has 10 heteroatoms. The van der Waals surface area contributed by atoms with E-state index in [1.54, 1.807) is 13.0 Å². The van der Waals surface area contributed by atoms with Gasteiger partial charge in [-0.1, -0.05) is 0 Å². The second-order valence-electron chi connectivity index (χ2n) is 6.20. The molecule has 1 amide bonds. The largest absolute Gasteiger partial charge is 0.481 e. The van der Waals surface area contributed by atoms with Crippen LogP contribution in [0.25, 0.3) is 5.69 Å². The highest BCUT2D eigenvalue weighted by atomic mass is 19.4. The van der Waals surface area contributed by atoms with Crippen molar-refractivity contribution in [1.29, 1.82) is 0 Å². The first-order chi connectivity index (χ1) is 12.2. The molecule has 7 nitrogen and oxygen atoms in total. The first-order valence-electron chi connectivity index (χ1n) is 7.71. The summed E-state index contributed by atoms with van der Waals surface area (Å²) in [6.45, 7) is 0.568. The van der Waals surface area contributed by atoms with Gasteiger partial charge in [0.15, 0.2) is 5.41 Å². The zero-order valence-electron chi connectivity index (χ0n) is 13.7. The molecule has 0 spiro atoms. The van der Waals surface area contributed by atoms with Gasteiger partial charge in [0, 0.05) is 18.7 Å². The van der Waals surface area contributed by atoms with Crippen molar-refractivity contribution in [2.24, 2.45) is 5.41 Å². The molecule has 2 heterocycles. The van der Waals surface area contributed by atoms with Crippen LogP contribution < -0.4 is 0 Å². The quantitative estimate of drug-likeness (QED) is 0.896. The Kier molecular flexibility index (Phi) is 4.21. The van der Waals surface area contributed by atoms with Crippen molar-refractivity contribution in [2.75, 3.05) is 13.1 Å². The maximum absolute atomic E-state index is 13.2. The van der Waals surface area contributed by atoms with Crippen molar-refractivity contribution in [3.05, 3.63) is 42.0 Å². The number of nitrogens with zero attached hydrogens (tertiary/aromatic N) is 4. The number of aryl methyl sites for hydroxylation is 1. The molecule has 138 valence electrons. The van der Waals surface area contributed by atoms with Crippen LogP contribution in [0.5, 0.6) is 0 Å². The first-order valence-corrected chi connectivity index (χ1v) is 7.71. The molecule has 1 unspecified atom stereocenters. The molecule has 3 rings (SSSR count). The van der Waals surface area contributed by atoms with Gasteiger partial charge < -0.3 is 10.0 Å². The van der Waals surface area contributed by atoms with Crippen molar-refractivity contribution in [3.63, 3.8) is 0 Å². The van der Waals surface area contributed by atoms with E-state index in [-0.39, 0.29) is 12.1 Å². The third kappa shape index (κ3) is 2.80. The number of carbonyl (C=O) groups is 2. The predicted octanol–water partition coefficient (Wildman–Crippen LogP) is 2.05. The van der Waals surface area contributed by atoms with E-state index in [0.717, 1.165) is 4.90 Å². The molecule has 1 aromatic carbocycles. The number of aliphatic carboxylic acids is 1. The zero-order chi connectivity index (χ0) is 19.1. The lowest BCUT2D eigenvalue weighted by Gasteiger charge is -2.27. The number of hydrogen-bond acceptors (Lipinski definition) is 4. The molecule has 1 N–H and O–H groups in total. The van der Waals surface area contributed by atoms with Crippen LogP contribution in [0.4, 0.5) is 13.2 Å². The second-order valence-corrected chi connectivity index (χ2v) is 6.20. The fourth-order valence-corrected chi connectivity index (χ4v) is 3.07. The highest BCUT2D eigenvalue weighted by Gasteiger charge is 2.64. The Bertz CT molecular complexity index is 851. The van der Waals surface area contributed by atoms with Gasteiger partial charge in [-0.15, -0.1) is 0 Å². The summed E-state index contributed by atoms with van der Waals surface area (Å²) in [6.07, 6.45) is -2.76. The number of amides is 1. The Labute approximate surface area is 146 Å². The number of aromatic nitrogens is 3. The van der Waals surface area contributed by atoms with E-state index in [1.807, 2.05) is 0 Å². The minimum absolute atomic E-state index is 0.190. The number of carbonyl (C=O) groups excluding carboxylic acids is 1. The molecular formula is C16H15F3N4O3. The van der Waals surface area contributed by atoms with Crippen LogP contribution in [-0.2, 0) is 4.79 Å². The average Bonchev–Trinajstić information content (AvgIpc) is 3.23. The molecule has 2 aromatic rings. The van der Waals surface area contributed by atoms with Gasteiger partial charge in [0.25, 0.3) is 5.91 Å². The van der Waals surface area contributed by atoms with E-state index in [9.17, 15) is 22.8 Å². The number of benzene rings is 1. The molecule has 26 heavy (non-hydrogen) atoms. The second kappa shape index (κ2) is 6.11. The van der Waals surface area contributed by atoms with Gasteiger partial charge in [0.1, 0.15) is 12.7 Å². The average molecular weight is 368 g/mol. The Balaban J connectivity index is 1.85. The van der Waals surface area contributed by atoms with Gasteiger partial charge in [-0.3, -0.25) is 9.59 Å². The Morgan fingerprint density at radius 3 is 2.54 bits per heavy atom. The van der Waals surface area contributed by atoms with Crippen molar-refractivity contribution in [3.8, 4) is 5.69 Å². The van der Waals surface area contributed by atoms with Gasteiger partial charge in [0.05, 0.1) is 5.69 Å². The smallest absolute Gasteiger partial charge is 0.406 e. The van der Waals surface area contributed by atoms with Crippen molar-refractivity contribution < 1.29 is 27.9 Å². The van der Waals surface area contributed by atoms with Crippen molar-refractivity contribution >= 4 is 11.9 Å². The number of carboxylic acid groups (broad SMARTS) is 1. The SMILES string of the molecule is Cc1cc(C(=O)N2CCC(C(=O)O)(C(F)(F)F)C2)ccc1-n1cncn1. The molecule has 1 aromatic heterocycles. The van der Waals surface area contributed by atoms with E-state index in [0.29, 0.717) is 11.3 Å². The van der Waals surface area contributed by atoms with Crippen LogP contribution in [0, 0.1) is 12.3 Å². The van der Waals surface area contributed by atoms with Gasteiger partial charge in [-0.2, -0.15) is 18.3 Å². The molecule has 1 saturated heterocycles. The van der Waals surface area contributed by atoms with Gasteiger partial charge in [-0.05, 0) is 37.1 Å². The van der Waals surface area contributed by atoms with E-state index in [1.165, 1.54) is 29.5 Å². The molecule has 1 atom stereocenters. The van der Waals surface area contributed by atoms with Crippen LogP contribution in [0.3, 0.4) is 0 Å². The summed E-state index contributed by atoms with van der Waals surface area (Å²) in [5, 5.41) is 13.1. The number of rotatable bonds is 3. The molecular weight excluding hydrogens is 353 g/mol. The number of likely N-dealkylation sites (tertiary alicyclic amines) is 1. The lowest BCUT2D eigenvalue weighted by molar-refractivity contribution is -0.227. The number of alkyl halides is 3. The van der Waals surface area contributed by atoms with E-state index < -0.39 is 36.4 Å². The summed E-state index contributed by atoms with van der Waals surface area (Å²) in [5.74, 6) is -2.59. The van der Waals surface area contributed by atoms with Crippen molar-refractivity contribution in [2.45, 2.75) is 19.5 Å². The normalized spacial score (nSPS) is 20.4. The van der Waals surface area contributed by atoms with E-state index >= 15 is 0 Å². The Morgan fingerprint density at radius 1 is 1.31 bits per heavy atom. The lowest BCUT2D eigenvalue weighted by Crippen LogP contribution is -2.47. The summed E-state index contributed by atoms with van der Waals surface area (Å²) >= 11 is 0. The fourth-order valence-electron chi connectivity index (χ4n) is 3.07. The maximum atomic E-state index is 13.2. The van der Waals surface area contributed by atoms with Crippen LogP contribution in [0.1, 0.15) is 22.3 Å². The number of carboxylic acids is 1. The third-order valence-corrected chi connectivity index (χ3v) is 4.62. The lowest BCUT2D eigenvalue weighted by atomic mass is 9.86. The molecule has 0 radical (unpaired) electrons. The molecule has 1 fully saturated rings. The molecule has 0 bridgehead atoms. The summed E-state index contributed by atoms with van der Waals surface area (Å²) in [4.78, 5) is 28.6. The zero-order valence-corrected chi connectivity index (χ0v) is 13.7. The maximum Gasteiger partial charge on any atom is 0.406 e. The summed E-state index contributed by atoms with van der Waals surface area (Å²) in [7, 11) is 0. The molecule has 0 saturated carbocycles. The standard InChI is InChI=1S/C16H15F3N4O3/c1-10-6-11(2-3-12(10)23-9-20-8-21-23)13(24)22-5-4-15(7-22,14(25)26)16(17,18)19/h2-3,6,8-9H,4-5,7H2,1H3,(H,25,26).